The number of urea groups is 1. The van der Waals surface area contributed by atoms with Gasteiger partial charge in [0.25, 0.3) is 0 Å². The number of hydrogen-bond acceptors (Lipinski definition) is 5. The molecule has 1 unspecified atom stereocenters. The Hall–Kier alpha value is -2.05. The molecule has 2 heterocycles. The summed E-state index contributed by atoms with van der Waals surface area (Å²) in [5.74, 6) is 1.53. The van der Waals surface area contributed by atoms with Crippen LogP contribution in [0.25, 0.3) is 0 Å². The molecule has 2 fully saturated rings. The van der Waals surface area contributed by atoms with Gasteiger partial charge in [-0.05, 0) is 51.4 Å². The van der Waals surface area contributed by atoms with Crippen molar-refractivity contribution in [1.82, 2.24) is 15.4 Å². The van der Waals surface area contributed by atoms with Crippen LogP contribution in [0.15, 0.2) is 10.6 Å². The van der Waals surface area contributed by atoms with Gasteiger partial charge in [-0.2, -0.15) is 0 Å². The Bertz CT molecular complexity index is 664. The standard InChI is InChI=1S/C21H33N3O4/c1-4-27-20(25)16-9-7-15(8-10-16)13-22-21(26)24-11-5-6-18(24)17-12-19(14(2)3)28-23-17/h12,14-16,18H,4-11,13H2,1-3H3,(H,22,26). The number of carbonyl (C=O) groups excluding carboxylic acids is 2. The zero-order valence-electron chi connectivity index (χ0n) is 17.3. The Kier molecular flexibility index (Phi) is 6.97. The summed E-state index contributed by atoms with van der Waals surface area (Å²) >= 11 is 0. The maximum atomic E-state index is 12.8. The Morgan fingerprint density at radius 3 is 2.68 bits per heavy atom. The predicted octanol–water partition coefficient (Wildman–Crippen LogP) is 4.01. The first kappa shape index (κ1) is 20.7. The molecule has 156 valence electrons. The fourth-order valence-electron chi connectivity index (χ4n) is 4.25. The molecule has 2 aliphatic rings. The average Bonchev–Trinajstić information content (AvgIpc) is 3.35. The maximum absolute atomic E-state index is 12.8. The molecular weight excluding hydrogens is 358 g/mol. The topological polar surface area (TPSA) is 84.7 Å². The quantitative estimate of drug-likeness (QED) is 0.741. The van der Waals surface area contributed by atoms with Gasteiger partial charge < -0.3 is 19.5 Å². The molecule has 2 amide bonds. The second-order valence-electron chi connectivity index (χ2n) is 8.32. The number of ether oxygens (including phenoxy) is 1. The van der Waals surface area contributed by atoms with Crippen LogP contribution in [0.5, 0.6) is 0 Å². The number of aromatic nitrogens is 1. The summed E-state index contributed by atoms with van der Waals surface area (Å²) in [5.41, 5.74) is 0.853. The highest BCUT2D eigenvalue weighted by Crippen LogP contribution is 2.33. The zero-order chi connectivity index (χ0) is 20.1. The third-order valence-electron chi connectivity index (χ3n) is 5.98. The highest BCUT2D eigenvalue weighted by atomic mass is 16.5. The van der Waals surface area contributed by atoms with E-state index in [0.29, 0.717) is 19.1 Å². The molecule has 1 saturated carbocycles. The first-order chi connectivity index (χ1) is 13.5. The van der Waals surface area contributed by atoms with Crippen LogP contribution in [0.1, 0.15) is 82.7 Å². The van der Waals surface area contributed by atoms with Crippen LogP contribution >= 0.6 is 0 Å². The summed E-state index contributed by atoms with van der Waals surface area (Å²) in [6.07, 6.45) is 5.50. The monoisotopic (exact) mass is 391 g/mol. The number of amides is 2. The van der Waals surface area contributed by atoms with Crippen molar-refractivity contribution in [2.75, 3.05) is 19.7 Å². The minimum Gasteiger partial charge on any atom is -0.466 e. The van der Waals surface area contributed by atoms with Crippen LogP contribution in [-0.4, -0.2) is 41.8 Å². The van der Waals surface area contributed by atoms with Gasteiger partial charge in [-0.15, -0.1) is 0 Å². The average molecular weight is 392 g/mol. The molecule has 7 nitrogen and oxygen atoms in total. The molecule has 1 atom stereocenters. The lowest BCUT2D eigenvalue weighted by molar-refractivity contribution is -0.149. The molecule has 0 aromatic carbocycles. The molecule has 1 N–H and O–H groups in total. The second kappa shape index (κ2) is 9.43. The lowest BCUT2D eigenvalue weighted by Gasteiger charge is -2.29. The number of likely N-dealkylation sites (tertiary alicyclic amines) is 1. The van der Waals surface area contributed by atoms with Gasteiger partial charge in [-0.25, -0.2) is 4.79 Å². The number of hydrogen-bond donors (Lipinski definition) is 1. The Morgan fingerprint density at radius 1 is 1.29 bits per heavy atom. The van der Waals surface area contributed by atoms with Crippen molar-refractivity contribution in [1.29, 1.82) is 0 Å². The zero-order valence-corrected chi connectivity index (χ0v) is 17.3. The minimum atomic E-state index is -0.0710. The van der Waals surface area contributed by atoms with E-state index in [-0.39, 0.29) is 29.9 Å². The molecule has 7 heteroatoms. The first-order valence-electron chi connectivity index (χ1n) is 10.7. The molecule has 1 saturated heterocycles. The third-order valence-corrected chi connectivity index (χ3v) is 5.98. The van der Waals surface area contributed by atoms with Crippen LogP contribution in [0.4, 0.5) is 4.79 Å². The van der Waals surface area contributed by atoms with Crippen LogP contribution in [0.3, 0.4) is 0 Å². The smallest absolute Gasteiger partial charge is 0.317 e. The van der Waals surface area contributed by atoms with Crippen molar-refractivity contribution in [2.24, 2.45) is 11.8 Å². The highest BCUT2D eigenvalue weighted by molar-refractivity contribution is 5.75. The Morgan fingerprint density at radius 2 is 2.04 bits per heavy atom. The van der Waals surface area contributed by atoms with E-state index in [2.05, 4.69) is 24.3 Å². The van der Waals surface area contributed by atoms with E-state index < -0.39 is 0 Å². The fraction of sp³-hybridized carbons (Fsp3) is 0.762. The molecule has 0 spiro atoms. The Labute approximate surface area is 167 Å². The summed E-state index contributed by atoms with van der Waals surface area (Å²) in [6, 6.07) is 1.96. The van der Waals surface area contributed by atoms with Gasteiger partial charge in [0.05, 0.1) is 18.6 Å². The summed E-state index contributed by atoms with van der Waals surface area (Å²) in [4.78, 5) is 26.5. The summed E-state index contributed by atoms with van der Waals surface area (Å²) < 4.78 is 10.5. The van der Waals surface area contributed by atoms with Crippen LogP contribution < -0.4 is 5.32 Å². The lowest BCUT2D eigenvalue weighted by atomic mass is 9.82. The van der Waals surface area contributed by atoms with Crippen molar-refractivity contribution < 1.29 is 18.8 Å². The van der Waals surface area contributed by atoms with E-state index in [9.17, 15) is 9.59 Å². The molecular formula is C21H33N3O4. The van der Waals surface area contributed by atoms with Crippen molar-refractivity contribution in [2.45, 2.75) is 71.3 Å². The number of nitrogens with zero attached hydrogens (tertiary/aromatic N) is 2. The molecule has 0 radical (unpaired) electrons. The van der Waals surface area contributed by atoms with Gasteiger partial charge >= 0.3 is 12.0 Å². The lowest BCUT2D eigenvalue weighted by Crippen LogP contribution is -2.42. The predicted molar refractivity (Wildman–Crippen MR) is 105 cm³/mol. The molecule has 1 aliphatic heterocycles. The van der Waals surface area contributed by atoms with Gasteiger partial charge in [-0.1, -0.05) is 19.0 Å². The summed E-state index contributed by atoms with van der Waals surface area (Å²) in [6.45, 7) is 7.83. The highest BCUT2D eigenvalue weighted by Gasteiger charge is 2.33. The van der Waals surface area contributed by atoms with Crippen LogP contribution in [0.2, 0.25) is 0 Å². The normalized spacial score (nSPS) is 25.1. The van der Waals surface area contributed by atoms with Crippen molar-refractivity contribution in [3.05, 3.63) is 17.5 Å². The van der Waals surface area contributed by atoms with Crippen molar-refractivity contribution in [3.63, 3.8) is 0 Å². The van der Waals surface area contributed by atoms with E-state index in [1.165, 1.54) is 0 Å². The molecule has 1 aromatic rings. The van der Waals surface area contributed by atoms with E-state index >= 15 is 0 Å². The van der Waals surface area contributed by atoms with Crippen molar-refractivity contribution >= 4 is 12.0 Å². The number of carbonyl (C=O) groups is 2. The Balaban J connectivity index is 1.47. The molecule has 28 heavy (non-hydrogen) atoms. The largest absolute Gasteiger partial charge is 0.466 e. The molecule has 0 bridgehead atoms. The van der Waals surface area contributed by atoms with E-state index in [1.54, 1.807) is 0 Å². The summed E-state index contributed by atoms with van der Waals surface area (Å²) in [5, 5.41) is 7.31. The van der Waals surface area contributed by atoms with Gasteiger partial charge in [0.2, 0.25) is 0 Å². The van der Waals surface area contributed by atoms with Gasteiger partial charge in [-0.3, -0.25) is 4.79 Å². The third kappa shape index (κ3) is 4.86. The maximum Gasteiger partial charge on any atom is 0.317 e. The number of rotatable bonds is 6. The first-order valence-corrected chi connectivity index (χ1v) is 10.7. The molecule has 3 rings (SSSR count). The van der Waals surface area contributed by atoms with Crippen molar-refractivity contribution in [3.8, 4) is 0 Å². The van der Waals surface area contributed by atoms with E-state index in [0.717, 1.165) is 56.5 Å². The van der Waals surface area contributed by atoms with Gasteiger partial charge in [0.15, 0.2) is 0 Å². The molecule has 1 aliphatic carbocycles. The van der Waals surface area contributed by atoms with Gasteiger partial charge in [0, 0.05) is 25.1 Å². The van der Waals surface area contributed by atoms with E-state index in [4.69, 9.17) is 9.26 Å². The summed E-state index contributed by atoms with van der Waals surface area (Å²) in [7, 11) is 0. The molecule has 1 aromatic heterocycles. The SMILES string of the molecule is CCOC(=O)C1CCC(CNC(=O)N2CCCC2c2cc(C(C)C)on2)CC1. The van der Waals surface area contributed by atoms with Gasteiger partial charge in [0.1, 0.15) is 11.5 Å². The second-order valence-corrected chi connectivity index (χ2v) is 8.32. The number of nitrogens with one attached hydrogen (secondary N) is 1. The van der Waals surface area contributed by atoms with Crippen LogP contribution in [-0.2, 0) is 9.53 Å². The fourth-order valence-corrected chi connectivity index (χ4v) is 4.25. The number of esters is 1. The van der Waals surface area contributed by atoms with Crippen LogP contribution in [0, 0.1) is 11.8 Å². The van der Waals surface area contributed by atoms with E-state index in [1.807, 2.05) is 17.9 Å². The minimum absolute atomic E-state index is 0.00389.